The molecular formula is C14H28N2O. The van der Waals surface area contributed by atoms with Gasteiger partial charge in [0.1, 0.15) is 0 Å². The van der Waals surface area contributed by atoms with E-state index in [0.29, 0.717) is 18.1 Å². The molecule has 2 aliphatic rings. The highest BCUT2D eigenvalue weighted by molar-refractivity contribution is 4.85. The lowest BCUT2D eigenvalue weighted by Gasteiger charge is -2.28. The van der Waals surface area contributed by atoms with Gasteiger partial charge in [-0.05, 0) is 58.4 Å². The molecule has 2 fully saturated rings. The molecule has 17 heavy (non-hydrogen) atoms. The second-order valence-electron chi connectivity index (χ2n) is 6.14. The van der Waals surface area contributed by atoms with Gasteiger partial charge in [-0.1, -0.05) is 0 Å². The maximum atomic E-state index is 9.37. The molecule has 2 rings (SSSR count). The van der Waals surface area contributed by atoms with Gasteiger partial charge in [0.15, 0.2) is 0 Å². The summed E-state index contributed by atoms with van der Waals surface area (Å²) < 4.78 is 0. The number of nitrogens with one attached hydrogen (secondary N) is 1. The van der Waals surface area contributed by atoms with Crippen LogP contribution in [0, 0.1) is 5.92 Å². The Balaban J connectivity index is 1.67. The zero-order valence-corrected chi connectivity index (χ0v) is 11.4. The molecule has 0 spiro atoms. The molecule has 0 amide bonds. The normalized spacial score (nSPS) is 22.4. The highest BCUT2D eigenvalue weighted by atomic mass is 16.3. The van der Waals surface area contributed by atoms with Crippen LogP contribution in [0.5, 0.6) is 0 Å². The molecule has 0 aromatic rings. The van der Waals surface area contributed by atoms with E-state index in [1.807, 2.05) is 0 Å². The SMILES string of the molecule is CC(C)N(CCC(CO)NC1CC1)CC1CC1. The Bertz CT molecular complexity index is 224. The summed E-state index contributed by atoms with van der Waals surface area (Å²) in [4.78, 5) is 2.58. The Labute approximate surface area is 106 Å². The molecule has 3 heteroatoms. The first-order valence-corrected chi connectivity index (χ1v) is 7.30. The quantitative estimate of drug-likeness (QED) is 0.643. The molecule has 0 bridgehead atoms. The summed E-state index contributed by atoms with van der Waals surface area (Å²) in [6.07, 6.45) is 6.52. The first kappa shape index (κ1) is 13.3. The van der Waals surface area contributed by atoms with Crippen LogP contribution in [-0.2, 0) is 0 Å². The van der Waals surface area contributed by atoms with Gasteiger partial charge < -0.3 is 15.3 Å². The molecule has 0 aromatic heterocycles. The van der Waals surface area contributed by atoms with Crippen molar-refractivity contribution in [2.45, 2.75) is 64.1 Å². The summed E-state index contributed by atoms with van der Waals surface area (Å²) in [6, 6.07) is 1.64. The van der Waals surface area contributed by atoms with E-state index in [1.165, 1.54) is 32.2 Å². The Morgan fingerprint density at radius 1 is 1.24 bits per heavy atom. The van der Waals surface area contributed by atoms with Crippen molar-refractivity contribution in [2.24, 2.45) is 5.92 Å². The lowest BCUT2D eigenvalue weighted by molar-refractivity contribution is 0.177. The van der Waals surface area contributed by atoms with Gasteiger partial charge in [-0.2, -0.15) is 0 Å². The fourth-order valence-electron chi connectivity index (χ4n) is 2.32. The predicted molar refractivity (Wildman–Crippen MR) is 71.1 cm³/mol. The molecule has 2 saturated carbocycles. The van der Waals surface area contributed by atoms with Crippen molar-refractivity contribution in [3.05, 3.63) is 0 Å². The first-order chi connectivity index (χ1) is 8.19. The van der Waals surface area contributed by atoms with Crippen molar-refractivity contribution in [1.29, 1.82) is 0 Å². The maximum absolute atomic E-state index is 9.37. The van der Waals surface area contributed by atoms with Gasteiger partial charge in [-0.15, -0.1) is 0 Å². The molecule has 2 aliphatic carbocycles. The standard InChI is InChI=1S/C14H28N2O/c1-11(2)16(9-12-3-4-12)8-7-14(10-17)15-13-5-6-13/h11-15,17H,3-10H2,1-2H3. The fraction of sp³-hybridized carbons (Fsp3) is 1.00. The molecule has 1 atom stereocenters. The van der Waals surface area contributed by atoms with E-state index in [2.05, 4.69) is 24.1 Å². The first-order valence-electron chi connectivity index (χ1n) is 7.30. The Morgan fingerprint density at radius 2 is 1.94 bits per heavy atom. The summed E-state index contributed by atoms with van der Waals surface area (Å²) in [6.45, 7) is 7.24. The lowest BCUT2D eigenvalue weighted by atomic mass is 10.1. The molecule has 0 heterocycles. The Kier molecular flexibility index (Phi) is 4.83. The average molecular weight is 240 g/mol. The van der Waals surface area contributed by atoms with E-state index < -0.39 is 0 Å². The van der Waals surface area contributed by atoms with E-state index >= 15 is 0 Å². The number of hydrogen-bond acceptors (Lipinski definition) is 3. The molecule has 2 N–H and O–H groups in total. The molecule has 0 aliphatic heterocycles. The fourth-order valence-corrected chi connectivity index (χ4v) is 2.32. The highest BCUT2D eigenvalue weighted by Gasteiger charge is 2.27. The van der Waals surface area contributed by atoms with E-state index in [1.54, 1.807) is 0 Å². The van der Waals surface area contributed by atoms with E-state index in [-0.39, 0.29) is 6.61 Å². The molecule has 0 aromatic carbocycles. The van der Waals surface area contributed by atoms with Crippen LogP contribution >= 0.6 is 0 Å². The summed E-state index contributed by atoms with van der Waals surface area (Å²) >= 11 is 0. The number of rotatable bonds is 9. The van der Waals surface area contributed by atoms with Crippen LogP contribution in [0.2, 0.25) is 0 Å². The molecular weight excluding hydrogens is 212 g/mol. The van der Waals surface area contributed by atoms with Crippen molar-refractivity contribution >= 4 is 0 Å². The smallest absolute Gasteiger partial charge is 0.0585 e. The van der Waals surface area contributed by atoms with E-state index in [9.17, 15) is 5.11 Å². The van der Waals surface area contributed by atoms with Crippen molar-refractivity contribution in [1.82, 2.24) is 10.2 Å². The van der Waals surface area contributed by atoms with E-state index in [0.717, 1.165) is 18.9 Å². The van der Waals surface area contributed by atoms with Gasteiger partial charge in [0.25, 0.3) is 0 Å². The van der Waals surface area contributed by atoms with Crippen molar-refractivity contribution in [3.63, 3.8) is 0 Å². The van der Waals surface area contributed by atoms with Crippen LogP contribution < -0.4 is 5.32 Å². The second kappa shape index (κ2) is 6.17. The Hall–Kier alpha value is -0.120. The minimum absolute atomic E-state index is 0.284. The van der Waals surface area contributed by atoms with Crippen molar-refractivity contribution in [2.75, 3.05) is 19.7 Å². The van der Waals surface area contributed by atoms with E-state index in [4.69, 9.17) is 0 Å². The van der Waals surface area contributed by atoms with Crippen LogP contribution in [-0.4, -0.2) is 47.8 Å². The molecule has 3 nitrogen and oxygen atoms in total. The zero-order chi connectivity index (χ0) is 12.3. The van der Waals surface area contributed by atoms with Gasteiger partial charge in [0.2, 0.25) is 0 Å². The van der Waals surface area contributed by atoms with Crippen LogP contribution in [0.3, 0.4) is 0 Å². The largest absolute Gasteiger partial charge is 0.395 e. The number of hydrogen-bond donors (Lipinski definition) is 2. The number of aliphatic hydroxyl groups is 1. The third kappa shape index (κ3) is 4.94. The van der Waals surface area contributed by atoms with Crippen LogP contribution in [0.25, 0.3) is 0 Å². The predicted octanol–water partition coefficient (Wildman–Crippen LogP) is 1.61. The van der Waals surface area contributed by atoms with Crippen LogP contribution in [0.1, 0.15) is 46.0 Å². The van der Waals surface area contributed by atoms with Gasteiger partial charge >= 0.3 is 0 Å². The highest BCUT2D eigenvalue weighted by Crippen LogP contribution is 2.30. The lowest BCUT2D eigenvalue weighted by Crippen LogP contribution is -2.40. The topological polar surface area (TPSA) is 35.5 Å². The van der Waals surface area contributed by atoms with Gasteiger partial charge in [0, 0.05) is 24.7 Å². The average Bonchev–Trinajstić information content (AvgIpc) is 3.15. The molecule has 100 valence electrons. The van der Waals surface area contributed by atoms with Gasteiger partial charge in [0.05, 0.1) is 6.61 Å². The van der Waals surface area contributed by atoms with Crippen molar-refractivity contribution < 1.29 is 5.11 Å². The number of aliphatic hydroxyl groups excluding tert-OH is 1. The van der Waals surface area contributed by atoms with Crippen molar-refractivity contribution in [3.8, 4) is 0 Å². The third-order valence-electron chi connectivity index (χ3n) is 3.95. The van der Waals surface area contributed by atoms with Crippen LogP contribution in [0.15, 0.2) is 0 Å². The second-order valence-corrected chi connectivity index (χ2v) is 6.14. The molecule has 0 radical (unpaired) electrons. The zero-order valence-electron chi connectivity index (χ0n) is 11.4. The third-order valence-corrected chi connectivity index (χ3v) is 3.95. The summed E-state index contributed by atoms with van der Waals surface area (Å²) in [5, 5.41) is 12.9. The van der Waals surface area contributed by atoms with Crippen LogP contribution in [0.4, 0.5) is 0 Å². The van der Waals surface area contributed by atoms with Gasteiger partial charge in [-0.25, -0.2) is 0 Å². The Morgan fingerprint density at radius 3 is 2.41 bits per heavy atom. The maximum Gasteiger partial charge on any atom is 0.0585 e. The summed E-state index contributed by atoms with van der Waals surface area (Å²) in [5.74, 6) is 0.960. The van der Waals surface area contributed by atoms with Gasteiger partial charge in [-0.3, -0.25) is 0 Å². The minimum Gasteiger partial charge on any atom is -0.395 e. The monoisotopic (exact) mass is 240 g/mol. The minimum atomic E-state index is 0.284. The number of nitrogens with zero attached hydrogens (tertiary/aromatic N) is 1. The molecule has 1 unspecified atom stereocenters. The summed E-state index contributed by atoms with van der Waals surface area (Å²) in [7, 11) is 0. The summed E-state index contributed by atoms with van der Waals surface area (Å²) in [5.41, 5.74) is 0. The molecule has 0 saturated heterocycles.